The molecule has 100 valence electrons. The summed E-state index contributed by atoms with van der Waals surface area (Å²) in [5, 5.41) is 6.56. The molecule has 0 bridgehead atoms. The lowest BCUT2D eigenvalue weighted by molar-refractivity contribution is 0.582. The number of nitrogens with one attached hydrogen (secondary N) is 1. The normalized spacial score (nSPS) is 11.0. The Kier molecular flexibility index (Phi) is 3.47. The van der Waals surface area contributed by atoms with Gasteiger partial charge in [-0.25, -0.2) is 4.98 Å². The Morgan fingerprint density at radius 3 is 3.00 bits per heavy atom. The Labute approximate surface area is 119 Å². The standard InChI is InChI=1S/C14H12N4OS/c15-13-9-20-14(17-13)18-16-8-10-3-1-4-11(7-10)12-5-2-6-19-12/h1-9H,15H2,(H,17,18). The van der Waals surface area contributed by atoms with Crippen molar-refractivity contribution in [1.82, 2.24) is 4.98 Å². The predicted molar refractivity (Wildman–Crippen MR) is 81.9 cm³/mol. The van der Waals surface area contributed by atoms with Gasteiger partial charge < -0.3 is 10.2 Å². The summed E-state index contributed by atoms with van der Waals surface area (Å²) in [5.74, 6) is 1.33. The first kappa shape index (κ1) is 12.4. The van der Waals surface area contributed by atoms with Crippen molar-refractivity contribution in [3.05, 3.63) is 53.6 Å². The number of aromatic nitrogens is 1. The van der Waals surface area contributed by atoms with Crippen molar-refractivity contribution in [3.63, 3.8) is 0 Å². The molecule has 0 aliphatic rings. The molecule has 1 aromatic carbocycles. The number of hydrogen-bond acceptors (Lipinski definition) is 6. The summed E-state index contributed by atoms with van der Waals surface area (Å²) in [6, 6.07) is 11.7. The van der Waals surface area contributed by atoms with Crippen LogP contribution in [0.1, 0.15) is 5.56 Å². The maximum Gasteiger partial charge on any atom is 0.205 e. The van der Waals surface area contributed by atoms with Crippen molar-refractivity contribution in [1.29, 1.82) is 0 Å². The smallest absolute Gasteiger partial charge is 0.205 e. The zero-order valence-electron chi connectivity index (χ0n) is 10.5. The fourth-order valence-electron chi connectivity index (χ4n) is 1.71. The molecule has 0 saturated carbocycles. The zero-order valence-corrected chi connectivity index (χ0v) is 11.3. The SMILES string of the molecule is Nc1csc(NN=Cc2cccc(-c3ccco3)c2)n1. The highest BCUT2D eigenvalue weighted by molar-refractivity contribution is 7.14. The lowest BCUT2D eigenvalue weighted by Gasteiger charge is -1.98. The molecule has 0 amide bonds. The van der Waals surface area contributed by atoms with E-state index in [-0.39, 0.29) is 0 Å². The van der Waals surface area contributed by atoms with Crippen molar-refractivity contribution >= 4 is 28.5 Å². The molecule has 0 radical (unpaired) electrons. The van der Waals surface area contributed by atoms with Crippen LogP contribution in [0.15, 0.2) is 57.6 Å². The molecule has 3 rings (SSSR count). The quantitative estimate of drug-likeness (QED) is 0.568. The Balaban J connectivity index is 1.73. The number of anilines is 2. The molecule has 0 fully saturated rings. The van der Waals surface area contributed by atoms with Crippen LogP contribution in [0.2, 0.25) is 0 Å². The average molecular weight is 284 g/mol. The van der Waals surface area contributed by atoms with Crippen LogP contribution in [0, 0.1) is 0 Å². The van der Waals surface area contributed by atoms with Gasteiger partial charge in [0.1, 0.15) is 11.6 Å². The lowest BCUT2D eigenvalue weighted by atomic mass is 10.1. The van der Waals surface area contributed by atoms with Crippen LogP contribution < -0.4 is 11.2 Å². The summed E-state index contributed by atoms with van der Waals surface area (Å²) in [4.78, 5) is 4.06. The van der Waals surface area contributed by atoms with Crippen LogP contribution >= 0.6 is 11.3 Å². The first-order valence-electron chi connectivity index (χ1n) is 5.95. The van der Waals surface area contributed by atoms with E-state index in [1.165, 1.54) is 11.3 Å². The molecule has 6 heteroatoms. The van der Waals surface area contributed by atoms with E-state index in [4.69, 9.17) is 10.2 Å². The van der Waals surface area contributed by atoms with E-state index in [0.29, 0.717) is 10.9 Å². The van der Waals surface area contributed by atoms with Crippen molar-refractivity contribution < 1.29 is 4.42 Å². The van der Waals surface area contributed by atoms with Gasteiger partial charge in [0.05, 0.1) is 12.5 Å². The molecule has 0 aliphatic heterocycles. The summed E-state index contributed by atoms with van der Waals surface area (Å²) < 4.78 is 5.37. The van der Waals surface area contributed by atoms with E-state index in [1.54, 1.807) is 17.9 Å². The number of nitrogens with two attached hydrogens (primary N) is 1. The van der Waals surface area contributed by atoms with Gasteiger partial charge >= 0.3 is 0 Å². The molecule has 0 atom stereocenters. The van der Waals surface area contributed by atoms with Crippen LogP contribution in [-0.2, 0) is 0 Å². The van der Waals surface area contributed by atoms with Gasteiger partial charge in [0.15, 0.2) is 0 Å². The number of rotatable bonds is 4. The minimum atomic E-state index is 0.493. The van der Waals surface area contributed by atoms with Crippen LogP contribution in [0.4, 0.5) is 10.9 Å². The average Bonchev–Trinajstić information content (AvgIpc) is 3.11. The van der Waals surface area contributed by atoms with Crippen molar-refractivity contribution in [2.75, 3.05) is 11.2 Å². The fraction of sp³-hybridized carbons (Fsp3) is 0. The number of thiazole rings is 1. The van der Waals surface area contributed by atoms with E-state index in [1.807, 2.05) is 36.4 Å². The van der Waals surface area contributed by atoms with Gasteiger partial charge in [0, 0.05) is 10.9 Å². The van der Waals surface area contributed by atoms with Gasteiger partial charge in [-0.1, -0.05) is 18.2 Å². The van der Waals surface area contributed by atoms with Crippen LogP contribution in [0.5, 0.6) is 0 Å². The van der Waals surface area contributed by atoms with Crippen LogP contribution in [0.25, 0.3) is 11.3 Å². The highest BCUT2D eigenvalue weighted by Crippen LogP contribution is 2.20. The lowest BCUT2D eigenvalue weighted by Crippen LogP contribution is -1.91. The molecule has 0 aliphatic carbocycles. The Hall–Kier alpha value is -2.60. The van der Waals surface area contributed by atoms with Crippen molar-refractivity contribution in [3.8, 4) is 11.3 Å². The topological polar surface area (TPSA) is 76.4 Å². The maximum absolute atomic E-state index is 5.53. The molecule has 0 spiro atoms. The second-order valence-corrected chi connectivity index (χ2v) is 4.91. The van der Waals surface area contributed by atoms with Gasteiger partial charge in [-0.15, -0.1) is 11.3 Å². The molecule has 5 nitrogen and oxygen atoms in total. The van der Waals surface area contributed by atoms with Gasteiger partial charge in [-0.3, -0.25) is 5.43 Å². The van der Waals surface area contributed by atoms with E-state index in [9.17, 15) is 0 Å². The molecular formula is C14H12N4OS. The van der Waals surface area contributed by atoms with E-state index >= 15 is 0 Å². The van der Waals surface area contributed by atoms with E-state index < -0.39 is 0 Å². The monoisotopic (exact) mass is 284 g/mol. The van der Waals surface area contributed by atoms with E-state index in [0.717, 1.165) is 16.9 Å². The van der Waals surface area contributed by atoms with E-state index in [2.05, 4.69) is 15.5 Å². The zero-order chi connectivity index (χ0) is 13.8. The van der Waals surface area contributed by atoms with Gasteiger partial charge in [-0.05, 0) is 23.8 Å². The summed E-state index contributed by atoms with van der Waals surface area (Å²) in [6.45, 7) is 0. The molecule has 0 saturated heterocycles. The maximum atomic E-state index is 5.53. The third-order valence-corrected chi connectivity index (χ3v) is 3.35. The molecule has 0 unspecified atom stereocenters. The number of hydrogen-bond donors (Lipinski definition) is 2. The predicted octanol–water partition coefficient (Wildman–Crippen LogP) is 3.43. The molecule has 2 heterocycles. The third-order valence-electron chi connectivity index (χ3n) is 2.59. The second kappa shape index (κ2) is 5.58. The summed E-state index contributed by atoms with van der Waals surface area (Å²) in [7, 11) is 0. The largest absolute Gasteiger partial charge is 0.464 e. The van der Waals surface area contributed by atoms with Gasteiger partial charge in [-0.2, -0.15) is 5.10 Å². The highest BCUT2D eigenvalue weighted by atomic mass is 32.1. The Morgan fingerprint density at radius 1 is 1.30 bits per heavy atom. The number of nitrogen functional groups attached to an aromatic ring is 1. The highest BCUT2D eigenvalue weighted by Gasteiger charge is 2.00. The number of benzene rings is 1. The van der Waals surface area contributed by atoms with Gasteiger partial charge in [0.25, 0.3) is 0 Å². The third kappa shape index (κ3) is 2.86. The Morgan fingerprint density at radius 2 is 2.25 bits per heavy atom. The molecule has 2 aromatic heterocycles. The number of furan rings is 1. The minimum absolute atomic E-state index is 0.493. The first-order valence-corrected chi connectivity index (χ1v) is 6.83. The fourth-order valence-corrected chi connectivity index (χ4v) is 2.26. The summed E-state index contributed by atoms with van der Waals surface area (Å²) in [6.07, 6.45) is 3.38. The van der Waals surface area contributed by atoms with Gasteiger partial charge in [0.2, 0.25) is 5.13 Å². The molecule has 3 aromatic rings. The summed E-state index contributed by atoms with van der Waals surface area (Å²) in [5.41, 5.74) is 10.4. The van der Waals surface area contributed by atoms with Crippen molar-refractivity contribution in [2.45, 2.75) is 0 Å². The Bertz CT molecular complexity index is 718. The van der Waals surface area contributed by atoms with Crippen LogP contribution in [0.3, 0.4) is 0 Å². The molecule has 3 N–H and O–H groups in total. The van der Waals surface area contributed by atoms with Crippen LogP contribution in [-0.4, -0.2) is 11.2 Å². The molecule has 20 heavy (non-hydrogen) atoms. The minimum Gasteiger partial charge on any atom is -0.464 e. The second-order valence-electron chi connectivity index (χ2n) is 4.05. The number of hydrazone groups is 1. The first-order chi connectivity index (χ1) is 9.81. The van der Waals surface area contributed by atoms with Crippen molar-refractivity contribution in [2.24, 2.45) is 5.10 Å². The molecular weight excluding hydrogens is 272 g/mol. The number of nitrogens with zero attached hydrogens (tertiary/aromatic N) is 2. The summed E-state index contributed by atoms with van der Waals surface area (Å²) >= 11 is 1.41.